The maximum atomic E-state index is 12.9. The topological polar surface area (TPSA) is 65.4 Å². The molecule has 2 aromatic carbocycles. The summed E-state index contributed by atoms with van der Waals surface area (Å²) in [6.45, 7) is 0.0405. The first-order valence-corrected chi connectivity index (χ1v) is 7.52. The summed E-state index contributed by atoms with van der Waals surface area (Å²) in [5.74, 6) is 1.11. The highest BCUT2D eigenvalue weighted by Crippen LogP contribution is 2.20. The summed E-state index contributed by atoms with van der Waals surface area (Å²) in [5, 5.41) is 6.84. The van der Waals surface area contributed by atoms with Crippen molar-refractivity contribution in [1.82, 2.24) is 9.78 Å². The fourth-order valence-corrected chi connectivity index (χ4v) is 2.14. The molecule has 0 atom stereocenters. The Hall–Kier alpha value is -3.35. The van der Waals surface area contributed by atoms with Gasteiger partial charge in [-0.2, -0.15) is 5.10 Å². The molecule has 3 rings (SSSR count). The summed E-state index contributed by atoms with van der Waals surface area (Å²) in [5.41, 5.74) is 0.667. The lowest BCUT2D eigenvalue weighted by atomic mass is 10.3. The fourth-order valence-electron chi connectivity index (χ4n) is 2.14. The first kappa shape index (κ1) is 16.5. The smallest absolute Gasteiger partial charge is 0.246 e. The van der Waals surface area contributed by atoms with Crippen LogP contribution in [0.15, 0.2) is 60.9 Å². The lowest BCUT2D eigenvalue weighted by Crippen LogP contribution is -2.18. The molecule has 0 unspecified atom stereocenters. The Labute approximate surface area is 143 Å². The second-order valence-corrected chi connectivity index (χ2v) is 5.21. The molecule has 0 fully saturated rings. The van der Waals surface area contributed by atoms with Crippen molar-refractivity contribution in [2.45, 2.75) is 6.54 Å². The Bertz CT molecular complexity index is 845. The molecule has 1 aromatic heterocycles. The van der Waals surface area contributed by atoms with E-state index in [1.165, 1.54) is 35.1 Å². The van der Waals surface area contributed by atoms with E-state index >= 15 is 0 Å². The summed E-state index contributed by atoms with van der Waals surface area (Å²) in [7, 11) is 1.58. The monoisotopic (exact) mass is 341 g/mol. The average Bonchev–Trinajstić information content (AvgIpc) is 3.04. The van der Waals surface area contributed by atoms with E-state index in [1.807, 2.05) is 0 Å². The third-order valence-corrected chi connectivity index (χ3v) is 3.34. The van der Waals surface area contributed by atoms with Crippen LogP contribution >= 0.6 is 0 Å². The second kappa shape index (κ2) is 7.48. The van der Waals surface area contributed by atoms with E-state index < -0.39 is 0 Å². The minimum absolute atomic E-state index is 0.0405. The van der Waals surface area contributed by atoms with Gasteiger partial charge in [0.25, 0.3) is 0 Å². The fraction of sp³-hybridized carbons (Fsp3) is 0.111. The minimum atomic E-state index is -0.335. The number of hydrogen-bond acceptors (Lipinski definition) is 4. The molecule has 1 heterocycles. The molecular formula is C18H16FN3O3. The van der Waals surface area contributed by atoms with E-state index in [4.69, 9.17) is 9.47 Å². The van der Waals surface area contributed by atoms with Crippen LogP contribution in [0.2, 0.25) is 0 Å². The highest BCUT2D eigenvalue weighted by atomic mass is 19.1. The van der Waals surface area contributed by atoms with E-state index in [2.05, 4.69) is 10.4 Å². The van der Waals surface area contributed by atoms with Crippen LogP contribution < -0.4 is 14.8 Å². The largest absolute Gasteiger partial charge is 0.497 e. The molecule has 0 saturated heterocycles. The number of rotatable bonds is 6. The highest BCUT2D eigenvalue weighted by molar-refractivity contribution is 5.90. The average molecular weight is 341 g/mol. The van der Waals surface area contributed by atoms with Gasteiger partial charge in [-0.05, 0) is 48.5 Å². The number of carbonyl (C=O) groups is 1. The van der Waals surface area contributed by atoms with Crippen molar-refractivity contribution < 1.29 is 18.7 Å². The summed E-state index contributed by atoms with van der Waals surface area (Å²) in [6.07, 6.45) is 3.08. The predicted molar refractivity (Wildman–Crippen MR) is 90.3 cm³/mol. The van der Waals surface area contributed by atoms with Crippen molar-refractivity contribution in [3.63, 3.8) is 0 Å². The number of amides is 1. The van der Waals surface area contributed by atoms with Gasteiger partial charge in [0.2, 0.25) is 5.91 Å². The van der Waals surface area contributed by atoms with E-state index in [1.54, 1.807) is 37.6 Å². The quantitative estimate of drug-likeness (QED) is 0.746. The van der Waals surface area contributed by atoms with E-state index in [-0.39, 0.29) is 18.3 Å². The van der Waals surface area contributed by atoms with Gasteiger partial charge >= 0.3 is 0 Å². The minimum Gasteiger partial charge on any atom is -0.497 e. The van der Waals surface area contributed by atoms with Crippen molar-refractivity contribution in [3.8, 4) is 17.2 Å². The van der Waals surface area contributed by atoms with Crippen molar-refractivity contribution in [2.75, 3.05) is 12.4 Å². The summed E-state index contributed by atoms with van der Waals surface area (Å²) in [6, 6.07) is 12.7. The zero-order valence-corrected chi connectivity index (χ0v) is 13.5. The number of nitrogens with one attached hydrogen (secondary N) is 1. The van der Waals surface area contributed by atoms with Crippen LogP contribution in [0.4, 0.5) is 10.1 Å². The number of benzene rings is 2. The van der Waals surface area contributed by atoms with Crippen molar-refractivity contribution >= 4 is 11.6 Å². The van der Waals surface area contributed by atoms with E-state index in [0.717, 1.165) is 0 Å². The lowest BCUT2D eigenvalue weighted by Gasteiger charge is -2.06. The molecule has 128 valence electrons. The Kier molecular flexibility index (Phi) is 4.94. The number of nitrogens with zero attached hydrogens (tertiary/aromatic N) is 2. The van der Waals surface area contributed by atoms with Gasteiger partial charge in [-0.15, -0.1) is 0 Å². The number of carbonyl (C=O) groups excluding carboxylic acids is 1. The zero-order chi connectivity index (χ0) is 17.6. The van der Waals surface area contributed by atoms with Gasteiger partial charge in [0.05, 0.1) is 19.5 Å². The van der Waals surface area contributed by atoms with Crippen molar-refractivity contribution in [3.05, 3.63) is 66.7 Å². The van der Waals surface area contributed by atoms with Gasteiger partial charge in [-0.25, -0.2) is 4.39 Å². The van der Waals surface area contributed by atoms with Gasteiger partial charge in [-0.1, -0.05) is 0 Å². The molecule has 1 N–H and O–H groups in total. The molecule has 0 saturated carbocycles. The summed E-state index contributed by atoms with van der Waals surface area (Å²) < 4.78 is 24.9. The molecule has 1 amide bonds. The Balaban J connectivity index is 1.56. The Morgan fingerprint density at radius 1 is 1.08 bits per heavy atom. The van der Waals surface area contributed by atoms with Gasteiger partial charge in [-0.3, -0.25) is 9.48 Å². The number of halogens is 1. The first-order valence-electron chi connectivity index (χ1n) is 7.52. The molecule has 0 aliphatic heterocycles. The molecule has 7 heteroatoms. The normalized spacial score (nSPS) is 10.3. The van der Waals surface area contributed by atoms with Crippen LogP contribution in [0, 0.1) is 5.82 Å². The Morgan fingerprint density at radius 3 is 2.44 bits per heavy atom. The molecule has 0 radical (unpaired) electrons. The third kappa shape index (κ3) is 4.57. The van der Waals surface area contributed by atoms with Gasteiger partial charge in [0.15, 0.2) is 5.75 Å². The van der Waals surface area contributed by atoms with Crippen LogP contribution in [-0.2, 0) is 11.3 Å². The summed E-state index contributed by atoms with van der Waals surface area (Å²) >= 11 is 0. The molecular weight excluding hydrogens is 325 g/mol. The number of anilines is 1. The van der Waals surface area contributed by atoms with Crippen LogP contribution in [0.1, 0.15) is 0 Å². The standard InChI is InChI=1S/C18H16FN3O3/c1-24-15-8-4-14(5-9-15)21-18(23)12-22-11-17(10-20-22)25-16-6-2-13(19)3-7-16/h2-11H,12H2,1H3,(H,21,23). The van der Waals surface area contributed by atoms with Gasteiger partial charge in [0, 0.05) is 5.69 Å². The molecule has 0 bridgehead atoms. The second-order valence-electron chi connectivity index (χ2n) is 5.21. The molecule has 25 heavy (non-hydrogen) atoms. The maximum absolute atomic E-state index is 12.9. The van der Waals surface area contributed by atoms with Gasteiger partial charge in [0.1, 0.15) is 23.9 Å². The van der Waals surface area contributed by atoms with Crippen LogP contribution in [0.25, 0.3) is 0 Å². The molecule has 0 aliphatic rings. The lowest BCUT2D eigenvalue weighted by molar-refractivity contribution is -0.116. The number of ether oxygens (including phenoxy) is 2. The zero-order valence-electron chi connectivity index (χ0n) is 13.5. The number of aromatic nitrogens is 2. The third-order valence-electron chi connectivity index (χ3n) is 3.34. The predicted octanol–water partition coefficient (Wildman–Crippen LogP) is 3.46. The molecule has 0 spiro atoms. The SMILES string of the molecule is COc1ccc(NC(=O)Cn2cc(Oc3ccc(F)cc3)cn2)cc1. The Morgan fingerprint density at radius 2 is 1.76 bits per heavy atom. The number of methoxy groups -OCH3 is 1. The first-order chi connectivity index (χ1) is 12.1. The molecule has 6 nitrogen and oxygen atoms in total. The van der Waals surface area contributed by atoms with Crippen molar-refractivity contribution in [2.24, 2.45) is 0 Å². The maximum Gasteiger partial charge on any atom is 0.246 e. The number of hydrogen-bond donors (Lipinski definition) is 1. The van der Waals surface area contributed by atoms with Crippen LogP contribution in [0.5, 0.6) is 17.2 Å². The van der Waals surface area contributed by atoms with Crippen LogP contribution in [-0.4, -0.2) is 22.8 Å². The van der Waals surface area contributed by atoms with Crippen LogP contribution in [0.3, 0.4) is 0 Å². The molecule has 0 aliphatic carbocycles. The van der Waals surface area contributed by atoms with E-state index in [9.17, 15) is 9.18 Å². The molecule has 3 aromatic rings. The van der Waals surface area contributed by atoms with Crippen molar-refractivity contribution in [1.29, 1.82) is 0 Å². The summed E-state index contributed by atoms with van der Waals surface area (Å²) in [4.78, 5) is 12.1. The van der Waals surface area contributed by atoms with E-state index in [0.29, 0.717) is 22.9 Å². The highest BCUT2D eigenvalue weighted by Gasteiger charge is 2.07. The van der Waals surface area contributed by atoms with Gasteiger partial charge < -0.3 is 14.8 Å².